The van der Waals surface area contributed by atoms with Gasteiger partial charge in [0, 0.05) is 35.7 Å². The smallest absolute Gasteiger partial charge is 0.273 e. The number of hydrogen-bond donors (Lipinski definition) is 2. The van der Waals surface area contributed by atoms with Crippen LogP contribution in [0.25, 0.3) is 10.9 Å². The van der Waals surface area contributed by atoms with Gasteiger partial charge in [-0.3, -0.25) is 9.59 Å². The van der Waals surface area contributed by atoms with Crippen LogP contribution < -0.4 is 10.2 Å². The molecule has 2 N–H and O–H groups in total. The number of halogens is 1. The van der Waals surface area contributed by atoms with Crippen molar-refractivity contribution in [2.24, 2.45) is 0 Å². The lowest BCUT2D eigenvalue weighted by Crippen LogP contribution is -2.25. The maximum Gasteiger partial charge on any atom is 0.273 e. The van der Waals surface area contributed by atoms with E-state index >= 15 is 0 Å². The molecular weight excluding hydrogens is 338 g/mol. The van der Waals surface area contributed by atoms with Gasteiger partial charge in [-0.05, 0) is 36.2 Å². The second kappa shape index (κ2) is 5.93. The molecule has 0 bridgehead atoms. The van der Waals surface area contributed by atoms with Crippen molar-refractivity contribution in [3.8, 4) is 0 Å². The molecule has 0 unspecified atom stereocenters. The third-order valence-corrected chi connectivity index (χ3v) is 4.88. The molecule has 0 atom stereocenters. The normalized spacial score (nSPS) is 13.1. The lowest BCUT2D eigenvalue weighted by atomic mass is 10.1. The fraction of sp³-hybridized carbons (Fsp3) is 0.158. The molecule has 0 spiro atoms. The van der Waals surface area contributed by atoms with Gasteiger partial charge < -0.3 is 15.2 Å². The van der Waals surface area contributed by atoms with Gasteiger partial charge in [0.1, 0.15) is 5.69 Å². The molecule has 2 amide bonds. The fourth-order valence-electron chi connectivity index (χ4n) is 3.26. The number of aromatic amines is 1. The van der Waals surface area contributed by atoms with Crippen LogP contribution in [0.4, 0.5) is 11.4 Å². The molecule has 1 aromatic heterocycles. The monoisotopic (exact) mass is 353 g/mol. The van der Waals surface area contributed by atoms with Crippen molar-refractivity contribution < 1.29 is 9.59 Å². The fourth-order valence-corrected chi connectivity index (χ4v) is 3.56. The molecule has 5 nitrogen and oxygen atoms in total. The number of nitrogens with zero attached hydrogens (tertiary/aromatic N) is 1. The Hall–Kier alpha value is -2.79. The molecule has 0 saturated heterocycles. The first kappa shape index (κ1) is 15.7. The first-order valence-corrected chi connectivity index (χ1v) is 8.41. The van der Waals surface area contributed by atoms with E-state index < -0.39 is 0 Å². The lowest BCUT2D eigenvalue weighted by Gasteiger charge is -2.15. The Labute approximate surface area is 149 Å². The van der Waals surface area contributed by atoms with Gasteiger partial charge in [0.2, 0.25) is 5.91 Å². The van der Waals surface area contributed by atoms with Gasteiger partial charge in [0.05, 0.1) is 5.02 Å². The first-order valence-electron chi connectivity index (χ1n) is 8.03. The molecule has 2 aromatic carbocycles. The molecule has 0 saturated carbocycles. The molecule has 0 radical (unpaired) electrons. The van der Waals surface area contributed by atoms with Crippen molar-refractivity contribution in [1.82, 2.24) is 4.98 Å². The van der Waals surface area contributed by atoms with Crippen LogP contribution in [-0.4, -0.2) is 23.3 Å². The van der Waals surface area contributed by atoms with Crippen LogP contribution in [0.3, 0.4) is 0 Å². The third kappa shape index (κ3) is 2.66. The number of para-hydroxylation sites is 1. The van der Waals surface area contributed by atoms with Crippen molar-refractivity contribution in [3.05, 3.63) is 58.7 Å². The van der Waals surface area contributed by atoms with Crippen LogP contribution in [0.2, 0.25) is 5.02 Å². The Morgan fingerprint density at radius 2 is 2.00 bits per heavy atom. The average molecular weight is 354 g/mol. The summed E-state index contributed by atoms with van der Waals surface area (Å²) in [7, 11) is 0. The van der Waals surface area contributed by atoms with Crippen molar-refractivity contribution in [1.29, 1.82) is 0 Å². The Bertz CT molecular complexity index is 1010. The summed E-state index contributed by atoms with van der Waals surface area (Å²) in [6.07, 6.45) is 0.783. The van der Waals surface area contributed by atoms with E-state index in [1.807, 2.05) is 36.4 Å². The minimum absolute atomic E-state index is 0.0281. The minimum Gasteiger partial charge on any atom is -0.349 e. The zero-order valence-electron chi connectivity index (χ0n) is 13.6. The highest BCUT2D eigenvalue weighted by Crippen LogP contribution is 2.31. The topological polar surface area (TPSA) is 65.2 Å². The van der Waals surface area contributed by atoms with Crippen molar-refractivity contribution >= 4 is 45.7 Å². The van der Waals surface area contributed by atoms with E-state index in [0.717, 1.165) is 28.6 Å². The van der Waals surface area contributed by atoms with E-state index in [1.165, 1.54) is 0 Å². The highest BCUT2D eigenvalue weighted by Gasteiger charge is 2.23. The van der Waals surface area contributed by atoms with Gasteiger partial charge in [-0.2, -0.15) is 0 Å². The lowest BCUT2D eigenvalue weighted by molar-refractivity contribution is -0.116. The highest BCUT2D eigenvalue weighted by molar-refractivity contribution is 6.39. The summed E-state index contributed by atoms with van der Waals surface area (Å²) in [5.41, 5.74) is 3.81. The maximum atomic E-state index is 12.6. The quantitative estimate of drug-likeness (QED) is 0.731. The van der Waals surface area contributed by atoms with E-state index in [2.05, 4.69) is 10.3 Å². The standard InChI is InChI=1S/C19H16ClN3O2/c1-11(24)23-9-8-12-10-13(6-7-16(12)23)21-19(25)18-17(20)14-4-2-3-5-15(14)22-18/h2-7,10,22H,8-9H2,1H3,(H,21,25). The molecule has 4 rings (SSSR count). The van der Waals surface area contributed by atoms with Crippen LogP contribution in [0.5, 0.6) is 0 Å². The summed E-state index contributed by atoms with van der Waals surface area (Å²) < 4.78 is 0. The second-order valence-electron chi connectivity index (χ2n) is 6.08. The second-order valence-corrected chi connectivity index (χ2v) is 6.46. The van der Waals surface area contributed by atoms with E-state index in [0.29, 0.717) is 22.9 Å². The first-order chi connectivity index (χ1) is 12.0. The van der Waals surface area contributed by atoms with Crippen molar-refractivity contribution in [2.45, 2.75) is 13.3 Å². The number of rotatable bonds is 2. The summed E-state index contributed by atoms with van der Waals surface area (Å²) in [5.74, 6) is -0.261. The van der Waals surface area contributed by atoms with Crippen LogP contribution in [-0.2, 0) is 11.2 Å². The van der Waals surface area contributed by atoms with Crippen LogP contribution in [0, 0.1) is 0 Å². The number of nitrogens with one attached hydrogen (secondary N) is 2. The van der Waals surface area contributed by atoms with Crippen LogP contribution >= 0.6 is 11.6 Å². The molecule has 25 heavy (non-hydrogen) atoms. The molecule has 2 heterocycles. The van der Waals surface area contributed by atoms with Gasteiger partial charge in [0.15, 0.2) is 0 Å². The van der Waals surface area contributed by atoms with Crippen molar-refractivity contribution in [2.75, 3.05) is 16.8 Å². The number of carbonyl (C=O) groups excluding carboxylic acids is 2. The van der Waals surface area contributed by atoms with Gasteiger partial charge >= 0.3 is 0 Å². The number of amides is 2. The number of fused-ring (bicyclic) bond motifs is 2. The number of benzene rings is 2. The number of carbonyl (C=O) groups is 2. The molecule has 1 aliphatic heterocycles. The molecule has 126 valence electrons. The maximum absolute atomic E-state index is 12.6. The number of aromatic nitrogens is 1. The Balaban J connectivity index is 1.61. The van der Waals surface area contributed by atoms with Gasteiger partial charge in [-0.1, -0.05) is 29.8 Å². The van der Waals surface area contributed by atoms with Crippen LogP contribution in [0.15, 0.2) is 42.5 Å². The largest absolute Gasteiger partial charge is 0.349 e. The van der Waals surface area contributed by atoms with Gasteiger partial charge in [0.25, 0.3) is 5.91 Å². The Kier molecular flexibility index (Phi) is 3.73. The molecule has 0 aliphatic carbocycles. The summed E-state index contributed by atoms with van der Waals surface area (Å²) in [6.45, 7) is 2.23. The summed E-state index contributed by atoms with van der Waals surface area (Å²) in [4.78, 5) is 29.0. The third-order valence-electron chi connectivity index (χ3n) is 4.48. The number of hydrogen-bond acceptors (Lipinski definition) is 2. The predicted molar refractivity (Wildman–Crippen MR) is 99.4 cm³/mol. The van der Waals surface area contributed by atoms with Crippen LogP contribution in [0.1, 0.15) is 23.0 Å². The van der Waals surface area contributed by atoms with E-state index in [4.69, 9.17) is 11.6 Å². The summed E-state index contributed by atoms with van der Waals surface area (Å²) >= 11 is 6.33. The Morgan fingerprint density at radius 1 is 1.20 bits per heavy atom. The number of H-pyrrole nitrogens is 1. The minimum atomic E-state index is -0.289. The van der Waals surface area contributed by atoms with Gasteiger partial charge in [-0.25, -0.2) is 0 Å². The summed E-state index contributed by atoms with van der Waals surface area (Å²) in [6, 6.07) is 13.1. The van der Waals surface area contributed by atoms with Gasteiger partial charge in [-0.15, -0.1) is 0 Å². The molecule has 6 heteroatoms. The Morgan fingerprint density at radius 3 is 2.76 bits per heavy atom. The molecule has 3 aromatic rings. The number of anilines is 2. The van der Waals surface area contributed by atoms with E-state index in [-0.39, 0.29) is 11.8 Å². The molecule has 0 fully saturated rings. The zero-order valence-corrected chi connectivity index (χ0v) is 14.4. The summed E-state index contributed by atoms with van der Waals surface area (Å²) in [5, 5.41) is 4.11. The SMILES string of the molecule is CC(=O)N1CCc2cc(NC(=O)c3[nH]c4ccccc4c3Cl)ccc21. The average Bonchev–Trinajstić information content (AvgIpc) is 3.16. The molecular formula is C19H16ClN3O2. The zero-order chi connectivity index (χ0) is 17.6. The molecule has 1 aliphatic rings. The van der Waals surface area contributed by atoms with E-state index in [9.17, 15) is 9.59 Å². The van der Waals surface area contributed by atoms with E-state index in [1.54, 1.807) is 17.9 Å². The predicted octanol–water partition coefficient (Wildman–Crippen LogP) is 3.98. The van der Waals surface area contributed by atoms with Crippen molar-refractivity contribution in [3.63, 3.8) is 0 Å². The highest BCUT2D eigenvalue weighted by atomic mass is 35.5.